The Kier molecular flexibility index (Phi) is 5.93. The van der Waals surface area contributed by atoms with Crippen LogP contribution in [0.15, 0.2) is 72.8 Å². The Morgan fingerprint density at radius 1 is 1.00 bits per heavy atom. The van der Waals surface area contributed by atoms with Crippen LogP contribution < -0.4 is 5.32 Å². The molecule has 1 spiro atoms. The highest BCUT2D eigenvalue weighted by Gasteiger charge is 2.53. The van der Waals surface area contributed by atoms with E-state index in [0.29, 0.717) is 11.8 Å². The minimum atomic E-state index is -0.186. The van der Waals surface area contributed by atoms with Crippen LogP contribution in [0.2, 0.25) is 0 Å². The van der Waals surface area contributed by atoms with Gasteiger partial charge in [-0.05, 0) is 67.7 Å². The highest BCUT2D eigenvalue weighted by Crippen LogP contribution is 2.47. The molecule has 4 nitrogen and oxygen atoms in total. The van der Waals surface area contributed by atoms with Gasteiger partial charge >= 0.3 is 0 Å². The zero-order chi connectivity index (χ0) is 23.8. The Balaban J connectivity index is 1.34. The van der Waals surface area contributed by atoms with Gasteiger partial charge in [0.15, 0.2) is 0 Å². The second-order valence-corrected chi connectivity index (χ2v) is 10.7. The van der Waals surface area contributed by atoms with Crippen molar-refractivity contribution in [3.05, 3.63) is 101 Å². The lowest BCUT2D eigenvalue weighted by molar-refractivity contribution is -0.141. The maximum atomic E-state index is 14.5. The number of carbonyl (C=O) groups is 1. The Morgan fingerprint density at radius 3 is 2.51 bits per heavy atom. The fourth-order valence-corrected chi connectivity index (χ4v) is 6.97. The first-order chi connectivity index (χ1) is 17.2. The molecule has 180 valence electrons. The summed E-state index contributed by atoms with van der Waals surface area (Å²) in [5.41, 5.74) is 6.02. The molecule has 0 radical (unpaired) electrons. The molecule has 2 aliphatic heterocycles. The van der Waals surface area contributed by atoms with E-state index in [4.69, 9.17) is 4.98 Å². The molecule has 3 aromatic rings. The quantitative estimate of drug-likeness (QED) is 0.569. The van der Waals surface area contributed by atoms with E-state index in [1.54, 1.807) is 0 Å². The molecular formula is C31H35N3O. The van der Waals surface area contributed by atoms with E-state index >= 15 is 0 Å². The van der Waals surface area contributed by atoms with Crippen molar-refractivity contribution in [1.82, 2.24) is 15.2 Å². The van der Waals surface area contributed by atoms with Crippen LogP contribution in [-0.2, 0) is 16.6 Å². The zero-order valence-corrected chi connectivity index (χ0v) is 20.6. The molecule has 35 heavy (non-hydrogen) atoms. The van der Waals surface area contributed by atoms with Crippen molar-refractivity contribution in [2.45, 2.75) is 56.4 Å². The van der Waals surface area contributed by atoms with Crippen LogP contribution in [0.3, 0.4) is 0 Å². The molecule has 3 heterocycles. The summed E-state index contributed by atoms with van der Waals surface area (Å²) < 4.78 is 0. The third kappa shape index (κ3) is 3.98. The number of fused-ring (bicyclic) bond motifs is 2. The molecule has 1 N–H and O–H groups in total. The number of hydrogen-bond donors (Lipinski definition) is 1. The van der Waals surface area contributed by atoms with E-state index in [2.05, 4.69) is 89.9 Å². The lowest BCUT2D eigenvalue weighted by Crippen LogP contribution is -2.50. The zero-order valence-electron chi connectivity index (χ0n) is 20.6. The van der Waals surface area contributed by atoms with Crippen LogP contribution in [0.4, 0.5) is 0 Å². The lowest BCUT2D eigenvalue weighted by Gasteiger charge is -2.45. The first kappa shape index (κ1) is 22.5. The van der Waals surface area contributed by atoms with Crippen LogP contribution in [0.1, 0.15) is 65.7 Å². The number of nitrogens with one attached hydrogen (secondary N) is 1. The van der Waals surface area contributed by atoms with Gasteiger partial charge in [0.2, 0.25) is 5.91 Å². The summed E-state index contributed by atoms with van der Waals surface area (Å²) in [4.78, 5) is 21.7. The number of nitrogens with zero attached hydrogens (tertiary/aromatic N) is 2. The molecule has 2 saturated heterocycles. The number of pyridine rings is 1. The molecule has 4 heteroatoms. The number of aryl methyl sites for hydroxylation is 2. The van der Waals surface area contributed by atoms with Gasteiger partial charge in [0.1, 0.15) is 0 Å². The molecule has 2 fully saturated rings. The Labute approximate surface area is 208 Å². The predicted octanol–water partition coefficient (Wildman–Crippen LogP) is 5.33. The molecular weight excluding hydrogens is 430 g/mol. The monoisotopic (exact) mass is 465 g/mol. The molecule has 1 amide bonds. The number of carbonyl (C=O) groups excluding carboxylic acids is 1. The molecule has 0 bridgehead atoms. The molecule has 0 unspecified atom stereocenters. The summed E-state index contributed by atoms with van der Waals surface area (Å²) in [5, 5.41) is 3.61. The summed E-state index contributed by atoms with van der Waals surface area (Å²) in [5.74, 6) is 0.725. The van der Waals surface area contributed by atoms with E-state index < -0.39 is 0 Å². The number of likely N-dealkylation sites (tertiary alicyclic amines) is 1. The number of amides is 1. The van der Waals surface area contributed by atoms with Crippen molar-refractivity contribution in [1.29, 1.82) is 0 Å². The van der Waals surface area contributed by atoms with Crippen LogP contribution in [0, 0.1) is 12.8 Å². The highest BCUT2D eigenvalue weighted by molar-refractivity contribution is 5.82. The summed E-state index contributed by atoms with van der Waals surface area (Å²) in [6, 6.07) is 26.0. The van der Waals surface area contributed by atoms with E-state index in [1.807, 2.05) is 0 Å². The second kappa shape index (κ2) is 9.23. The number of piperidine rings is 1. The smallest absolute Gasteiger partial charge is 0.228 e. The first-order valence-corrected chi connectivity index (χ1v) is 13.2. The van der Waals surface area contributed by atoms with Gasteiger partial charge in [-0.3, -0.25) is 9.78 Å². The molecule has 3 aliphatic rings. The number of hydrogen-bond acceptors (Lipinski definition) is 3. The van der Waals surface area contributed by atoms with Gasteiger partial charge in [0.05, 0.1) is 17.7 Å². The Morgan fingerprint density at radius 2 is 1.74 bits per heavy atom. The van der Waals surface area contributed by atoms with Crippen molar-refractivity contribution < 1.29 is 4.79 Å². The normalized spacial score (nSPS) is 28.1. The van der Waals surface area contributed by atoms with Gasteiger partial charge in [-0.15, -0.1) is 0 Å². The maximum Gasteiger partial charge on any atom is 0.228 e. The number of benzene rings is 2. The number of aromatic nitrogens is 1. The summed E-state index contributed by atoms with van der Waals surface area (Å²) in [7, 11) is 0. The van der Waals surface area contributed by atoms with Crippen molar-refractivity contribution in [2.24, 2.45) is 5.92 Å². The van der Waals surface area contributed by atoms with Crippen molar-refractivity contribution in [3.8, 4) is 0 Å². The average Bonchev–Trinajstić information content (AvgIpc) is 3.33. The van der Waals surface area contributed by atoms with E-state index in [-0.39, 0.29) is 17.4 Å². The Bertz CT molecular complexity index is 1190. The summed E-state index contributed by atoms with van der Waals surface area (Å²) in [6.45, 7) is 4.47. The lowest BCUT2D eigenvalue weighted by atomic mass is 9.66. The first-order valence-electron chi connectivity index (χ1n) is 13.2. The van der Waals surface area contributed by atoms with Gasteiger partial charge < -0.3 is 10.2 Å². The molecule has 6 rings (SSSR count). The third-order valence-corrected chi connectivity index (χ3v) is 8.75. The summed E-state index contributed by atoms with van der Waals surface area (Å²) >= 11 is 0. The molecule has 1 aliphatic carbocycles. The standard InChI is InChI=1S/C31H35N3O/c1-22-14-15-25-13-8-17-31(29(25)33-22)21-32-20-27(31)30(35)34-18-16-26(23-9-4-2-5-10-23)19-28(34)24-11-6-3-7-12-24/h2-7,9-12,14-15,26-28,32H,8,13,16-21H2,1H3/t26-,27+,28+,31-/m1/s1. The van der Waals surface area contributed by atoms with E-state index in [1.165, 1.54) is 22.4 Å². The highest BCUT2D eigenvalue weighted by atomic mass is 16.2. The fourth-order valence-electron chi connectivity index (χ4n) is 6.97. The molecule has 4 atom stereocenters. The summed E-state index contributed by atoms with van der Waals surface area (Å²) in [6.07, 6.45) is 5.22. The van der Waals surface area contributed by atoms with Crippen molar-refractivity contribution in [2.75, 3.05) is 19.6 Å². The van der Waals surface area contributed by atoms with Gasteiger partial charge in [0, 0.05) is 30.7 Å². The average molecular weight is 466 g/mol. The minimum Gasteiger partial charge on any atom is -0.335 e. The van der Waals surface area contributed by atoms with Crippen molar-refractivity contribution in [3.63, 3.8) is 0 Å². The molecule has 2 aromatic carbocycles. The van der Waals surface area contributed by atoms with Crippen molar-refractivity contribution >= 4 is 5.91 Å². The minimum absolute atomic E-state index is 0.0599. The largest absolute Gasteiger partial charge is 0.335 e. The Hall–Kier alpha value is -2.98. The van der Waals surface area contributed by atoms with E-state index in [0.717, 1.165) is 57.4 Å². The number of rotatable bonds is 3. The van der Waals surface area contributed by atoms with Crippen LogP contribution in [-0.4, -0.2) is 35.4 Å². The SMILES string of the molecule is Cc1ccc2c(n1)[C@]1(CCC2)CNC[C@H]1C(=O)N1CC[C@@H](c2ccccc2)C[C@H]1c1ccccc1. The molecule has 1 aromatic heterocycles. The van der Waals surface area contributed by atoms with Crippen LogP contribution in [0.25, 0.3) is 0 Å². The van der Waals surface area contributed by atoms with Gasteiger partial charge in [-0.2, -0.15) is 0 Å². The fraction of sp³-hybridized carbons (Fsp3) is 0.419. The van der Waals surface area contributed by atoms with E-state index in [9.17, 15) is 4.79 Å². The maximum absolute atomic E-state index is 14.5. The van der Waals surface area contributed by atoms with Crippen LogP contribution in [0.5, 0.6) is 0 Å². The van der Waals surface area contributed by atoms with Gasteiger partial charge in [-0.1, -0.05) is 66.7 Å². The van der Waals surface area contributed by atoms with Crippen LogP contribution >= 0.6 is 0 Å². The topological polar surface area (TPSA) is 45.2 Å². The van der Waals surface area contributed by atoms with Gasteiger partial charge in [-0.25, -0.2) is 0 Å². The third-order valence-electron chi connectivity index (χ3n) is 8.75. The second-order valence-electron chi connectivity index (χ2n) is 10.7. The molecule has 0 saturated carbocycles. The predicted molar refractivity (Wildman–Crippen MR) is 139 cm³/mol. The van der Waals surface area contributed by atoms with Gasteiger partial charge in [0.25, 0.3) is 0 Å².